The molecule has 1 heteroatoms. The molecule has 0 aromatic heterocycles. The van der Waals surface area contributed by atoms with Crippen LogP contribution in [0.25, 0.3) is 0 Å². The standard InChI is InChI=1S/C20H32O/c1-13(21)18-9-10-19-17-8-7-14-5-3-4-6-15(14)16(17)11-12-20(18,19)2/h14-19H,3-12H2,1-2H3/t14?,15-,16-,17-,18-,19+,20-/m1/s1. The van der Waals surface area contributed by atoms with Gasteiger partial charge in [0, 0.05) is 5.92 Å². The van der Waals surface area contributed by atoms with Gasteiger partial charge in [0.1, 0.15) is 5.78 Å². The van der Waals surface area contributed by atoms with Gasteiger partial charge in [-0.05, 0) is 86.9 Å². The Hall–Kier alpha value is -0.330. The van der Waals surface area contributed by atoms with Crippen LogP contribution in [0.5, 0.6) is 0 Å². The summed E-state index contributed by atoms with van der Waals surface area (Å²) in [5.74, 6) is 5.83. The van der Waals surface area contributed by atoms with Gasteiger partial charge in [0.05, 0.1) is 0 Å². The van der Waals surface area contributed by atoms with Crippen LogP contribution in [0.15, 0.2) is 0 Å². The molecule has 0 aliphatic heterocycles. The molecular formula is C20H32O. The molecule has 0 bridgehead atoms. The fourth-order valence-electron chi connectivity index (χ4n) is 7.50. The Kier molecular flexibility index (Phi) is 3.47. The number of carbonyl (C=O) groups excluding carboxylic acids is 1. The molecule has 0 amide bonds. The van der Waals surface area contributed by atoms with Gasteiger partial charge >= 0.3 is 0 Å². The van der Waals surface area contributed by atoms with Crippen LogP contribution in [0.3, 0.4) is 0 Å². The van der Waals surface area contributed by atoms with Crippen LogP contribution in [-0.2, 0) is 4.79 Å². The molecule has 21 heavy (non-hydrogen) atoms. The second-order valence-corrected chi connectivity index (χ2v) is 9.01. The molecule has 1 unspecified atom stereocenters. The van der Waals surface area contributed by atoms with E-state index in [1.165, 1.54) is 64.2 Å². The first-order chi connectivity index (χ1) is 10.1. The highest BCUT2D eigenvalue weighted by Crippen LogP contribution is 2.64. The molecule has 1 nitrogen and oxygen atoms in total. The second kappa shape index (κ2) is 5.10. The lowest BCUT2D eigenvalue weighted by atomic mass is 9.49. The highest BCUT2D eigenvalue weighted by atomic mass is 16.1. The summed E-state index contributed by atoms with van der Waals surface area (Å²) in [4.78, 5) is 12.1. The largest absolute Gasteiger partial charge is 0.300 e. The van der Waals surface area contributed by atoms with Crippen molar-refractivity contribution in [3.05, 3.63) is 0 Å². The van der Waals surface area contributed by atoms with E-state index in [9.17, 15) is 4.79 Å². The molecule has 0 heterocycles. The van der Waals surface area contributed by atoms with E-state index in [1.54, 1.807) is 0 Å². The fraction of sp³-hybridized carbons (Fsp3) is 0.950. The maximum atomic E-state index is 12.1. The van der Waals surface area contributed by atoms with Crippen LogP contribution in [0.4, 0.5) is 0 Å². The number of hydrogen-bond acceptors (Lipinski definition) is 1. The van der Waals surface area contributed by atoms with Crippen molar-refractivity contribution >= 4 is 5.78 Å². The molecule has 7 atom stereocenters. The summed E-state index contributed by atoms with van der Waals surface area (Å²) in [6.07, 6.45) is 14.3. The van der Waals surface area contributed by atoms with Crippen molar-refractivity contribution in [1.82, 2.24) is 0 Å². The van der Waals surface area contributed by atoms with Gasteiger partial charge in [-0.15, -0.1) is 0 Å². The van der Waals surface area contributed by atoms with E-state index < -0.39 is 0 Å². The summed E-state index contributed by atoms with van der Waals surface area (Å²) in [5.41, 5.74) is 0.356. The Morgan fingerprint density at radius 2 is 1.67 bits per heavy atom. The molecule has 4 aliphatic rings. The van der Waals surface area contributed by atoms with Crippen molar-refractivity contribution in [3.63, 3.8) is 0 Å². The maximum absolute atomic E-state index is 12.1. The van der Waals surface area contributed by atoms with Crippen molar-refractivity contribution in [2.75, 3.05) is 0 Å². The van der Waals surface area contributed by atoms with E-state index in [0.29, 0.717) is 17.1 Å². The molecule has 0 radical (unpaired) electrons. The lowest BCUT2D eigenvalue weighted by molar-refractivity contribution is -0.128. The summed E-state index contributed by atoms with van der Waals surface area (Å²) < 4.78 is 0. The molecule has 0 aromatic carbocycles. The Morgan fingerprint density at radius 3 is 2.48 bits per heavy atom. The van der Waals surface area contributed by atoms with Gasteiger partial charge in [0.2, 0.25) is 0 Å². The first-order valence-electron chi connectivity index (χ1n) is 9.61. The zero-order valence-corrected chi connectivity index (χ0v) is 13.9. The van der Waals surface area contributed by atoms with Gasteiger partial charge in [-0.25, -0.2) is 0 Å². The van der Waals surface area contributed by atoms with Gasteiger partial charge in [-0.1, -0.05) is 26.2 Å². The smallest absolute Gasteiger partial charge is 0.133 e. The molecule has 118 valence electrons. The van der Waals surface area contributed by atoms with Gasteiger partial charge < -0.3 is 0 Å². The quantitative estimate of drug-likeness (QED) is 0.645. The third-order valence-electron chi connectivity index (χ3n) is 8.37. The first-order valence-corrected chi connectivity index (χ1v) is 9.61. The Labute approximate surface area is 130 Å². The molecule has 0 N–H and O–H groups in total. The van der Waals surface area contributed by atoms with Gasteiger partial charge in [0.25, 0.3) is 0 Å². The van der Waals surface area contributed by atoms with Crippen molar-refractivity contribution < 1.29 is 4.79 Å². The lowest BCUT2D eigenvalue weighted by Crippen LogP contribution is -2.48. The van der Waals surface area contributed by atoms with Crippen LogP contribution < -0.4 is 0 Å². The molecule has 0 aromatic rings. The SMILES string of the molecule is CC(=O)[C@H]1CC[C@H]2[C@@H]3CCC4CCCC[C@H]4[C@H]3CC[C@]12C. The summed E-state index contributed by atoms with van der Waals surface area (Å²) in [6.45, 7) is 4.32. The summed E-state index contributed by atoms with van der Waals surface area (Å²) >= 11 is 0. The minimum atomic E-state index is 0.356. The highest BCUT2D eigenvalue weighted by molar-refractivity contribution is 5.79. The molecule has 4 saturated carbocycles. The van der Waals surface area contributed by atoms with Crippen LogP contribution in [0.1, 0.15) is 78.1 Å². The fourth-order valence-corrected chi connectivity index (χ4v) is 7.50. The van der Waals surface area contributed by atoms with E-state index in [-0.39, 0.29) is 0 Å². The lowest BCUT2D eigenvalue weighted by Gasteiger charge is -2.55. The predicted molar refractivity (Wildman–Crippen MR) is 85.9 cm³/mol. The molecule has 4 aliphatic carbocycles. The molecule has 0 spiro atoms. The van der Waals surface area contributed by atoms with E-state index >= 15 is 0 Å². The molecule has 0 saturated heterocycles. The van der Waals surface area contributed by atoms with Gasteiger partial charge in [-0.3, -0.25) is 4.79 Å². The van der Waals surface area contributed by atoms with Crippen LogP contribution in [-0.4, -0.2) is 5.78 Å². The summed E-state index contributed by atoms with van der Waals surface area (Å²) in [7, 11) is 0. The summed E-state index contributed by atoms with van der Waals surface area (Å²) in [6, 6.07) is 0. The van der Waals surface area contributed by atoms with Crippen molar-refractivity contribution in [2.24, 2.45) is 40.9 Å². The highest BCUT2D eigenvalue weighted by Gasteiger charge is 2.57. The predicted octanol–water partition coefficient (Wildman–Crippen LogP) is 5.23. The van der Waals surface area contributed by atoms with E-state index in [4.69, 9.17) is 0 Å². The average molecular weight is 288 g/mol. The molecule has 4 fully saturated rings. The van der Waals surface area contributed by atoms with Crippen molar-refractivity contribution in [2.45, 2.75) is 78.1 Å². The Bertz CT molecular complexity index is 428. The van der Waals surface area contributed by atoms with Crippen LogP contribution >= 0.6 is 0 Å². The molecular weight excluding hydrogens is 256 g/mol. The van der Waals surface area contributed by atoms with E-state index in [0.717, 1.165) is 29.6 Å². The van der Waals surface area contributed by atoms with Crippen molar-refractivity contribution in [1.29, 1.82) is 0 Å². The minimum absolute atomic E-state index is 0.356. The monoisotopic (exact) mass is 288 g/mol. The van der Waals surface area contributed by atoms with Crippen molar-refractivity contribution in [3.8, 4) is 0 Å². The summed E-state index contributed by atoms with van der Waals surface area (Å²) in [5, 5.41) is 0. The number of Topliss-reactive ketones (excluding diaryl/α,β-unsaturated/α-hetero) is 1. The number of ketones is 1. The van der Waals surface area contributed by atoms with Gasteiger partial charge in [-0.2, -0.15) is 0 Å². The van der Waals surface area contributed by atoms with Gasteiger partial charge in [0.15, 0.2) is 0 Å². The Balaban J connectivity index is 1.59. The normalized spacial score (nSPS) is 52.7. The van der Waals surface area contributed by atoms with Crippen LogP contribution in [0.2, 0.25) is 0 Å². The third kappa shape index (κ3) is 2.05. The molecule has 4 rings (SSSR count). The minimum Gasteiger partial charge on any atom is -0.300 e. The number of rotatable bonds is 1. The first kappa shape index (κ1) is 14.3. The Morgan fingerprint density at radius 1 is 0.857 bits per heavy atom. The average Bonchev–Trinajstić information content (AvgIpc) is 2.84. The topological polar surface area (TPSA) is 17.1 Å². The number of fused-ring (bicyclic) bond motifs is 5. The number of carbonyl (C=O) groups is 1. The zero-order valence-electron chi connectivity index (χ0n) is 13.9. The third-order valence-corrected chi connectivity index (χ3v) is 8.37. The van der Waals surface area contributed by atoms with E-state index in [1.807, 2.05) is 6.92 Å². The second-order valence-electron chi connectivity index (χ2n) is 9.01. The number of hydrogen-bond donors (Lipinski definition) is 0. The van der Waals surface area contributed by atoms with Crippen LogP contribution in [0, 0.1) is 40.9 Å². The van der Waals surface area contributed by atoms with E-state index in [2.05, 4.69) is 6.92 Å². The maximum Gasteiger partial charge on any atom is 0.133 e. The zero-order chi connectivity index (χ0) is 14.6.